The van der Waals surface area contributed by atoms with Crippen LogP contribution in [0.1, 0.15) is 28.4 Å². The zero-order chi connectivity index (χ0) is 30.2. The van der Waals surface area contributed by atoms with E-state index >= 15 is 0 Å². The van der Waals surface area contributed by atoms with Crippen molar-refractivity contribution in [1.82, 2.24) is 9.80 Å². The number of hydrogen-bond acceptors (Lipinski definition) is 8. The number of nitrogens with zero attached hydrogens (tertiary/aromatic N) is 2. The number of carbonyl (C=O) groups is 2. The third-order valence-corrected chi connectivity index (χ3v) is 8.64. The summed E-state index contributed by atoms with van der Waals surface area (Å²) in [4.78, 5) is 29.1. The van der Waals surface area contributed by atoms with Crippen LogP contribution in [0.15, 0.2) is 71.6 Å². The minimum absolute atomic E-state index is 0.150. The molecule has 1 N–H and O–H groups in total. The van der Waals surface area contributed by atoms with E-state index in [9.17, 15) is 9.59 Å². The van der Waals surface area contributed by atoms with E-state index in [2.05, 4.69) is 4.90 Å². The summed E-state index contributed by atoms with van der Waals surface area (Å²) in [6, 6.07) is 20.6. The van der Waals surface area contributed by atoms with Gasteiger partial charge in [0.05, 0.1) is 30.3 Å². The first-order valence-electron chi connectivity index (χ1n) is 14.3. The number of carbonyl (C=O) groups excluding carboxylic acids is 1. The Morgan fingerprint density at radius 3 is 2.42 bits per heavy atom. The lowest BCUT2D eigenvalue weighted by Gasteiger charge is -2.26. The Bertz CT molecular complexity index is 1480. The van der Waals surface area contributed by atoms with Crippen molar-refractivity contribution in [2.24, 2.45) is 0 Å². The summed E-state index contributed by atoms with van der Waals surface area (Å²) in [6.45, 7) is 7.52. The maximum Gasteiger partial charge on any atom is 0.335 e. The molecule has 10 heteroatoms. The minimum Gasteiger partial charge on any atom is -0.494 e. The van der Waals surface area contributed by atoms with Crippen LogP contribution in [-0.4, -0.2) is 83.7 Å². The van der Waals surface area contributed by atoms with E-state index in [4.69, 9.17) is 31.5 Å². The topological polar surface area (TPSA) is 88.5 Å². The number of ether oxygens (including phenoxy) is 3. The van der Waals surface area contributed by atoms with E-state index in [0.717, 1.165) is 60.9 Å². The molecule has 0 aliphatic carbocycles. The Morgan fingerprint density at radius 2 is 1.72 bits per heavy atom. The number of aromatic carboxylic acids is 1. The maximum atomic E-state index is 13.5. The van der Waals surface area contributed by atoms with Gasteiger partial charge in [0.1, 0.15) is 22.4 Å². The lowest BCUT2D eigenvalue weighted by Crippen LogP contribution is -2.38. The summed E-state index contributed by atoms with van der Waals surface area (Å²) >= 11 is 6.86. The summed E-state index contributed by atoms with van der Waals surface area (Å²) in [6.07, 6.45) is 2.42. The number of rotatable bonds is 12. The third kappa shape index (κ3) is 8.03. The highest BCUT2D eigenvalue weighted by Gasteiger charge is 2.32. The Morgan fingerprint density at radius 1 is 1.00 bits per heavy atom. The molecule has 1 amide bonds. The van der Waals surface area contributed by atoms with Crippen molar-refractivity contribution in [1.29, 1.82) is 0 Å². The van der Waals surface area contributed by atoms with E-state index in [1.54, 1.807) is 29.2 Å². The predicted octanol–water partition coefficient (Wildman–Crippen LogP) is 5.61. The van der Waals surface area contributed by atoms with Crippen LogP contribution in [0.3, 0.4) is 0 Å². The minimum atomic E-state index is -0.968. The van der Waals surface area contributed by atoms with E-state index in [-0.39, 0.29) is 11.5 Å². The highest BCUT2D eigenvalue weighted by atomic mass is 32.2. The third-order valence-electron chi connectivity index (χ3n) is 7.26. The Balaban J connectivity index is 1.34. The monoisotopic (exact) mass is 618 g/mol. The molecule has 2 heterocycles. The number of carboxylic acid groups (broad SMARTS) is 1. The first-order valence-corrected chi connectivity index (χ1v) is 15.5. The molecule has 2 fully saturated rings. The highest BCUT2D eigenvalue weighted by molar-refractivity contribution is 8.26. The van der Waals surface area contributed by atoms with Crippen LogP contribution >= 0.6 is 24.0 Å². The highest BCUT2D eigenvalue weighted by Crippen LogP contribution is 2.36. The molecule has 2 aliphatic rings. The van der Waals surface area contributed by atoms with Crippen molar-refractivity contribution in [2.45, 2.75) is 13.3 Å². The molecule has 224 valence electrons. The maximum absolute atomic E-state index is 13.5. The number of morpholine rings is 1. The van der Waals surface area contributed by atoms with Gasteiger partial charge in [-0.15, -0.1) is 0 Å². The number of thioether (sulfide) groups is 1. The zero-order valence-electron chi connectivity index (χ0n) is 24.0. The fourth-order valence-corrected chi connectivity index (χ4v) is 6.18. The lowest BCUT2D eigenvalue weighted by atomic mass is 10.0. The second kappa shape index (κ2) is 14.7. The Kier molecular flexibility index (Phi) is 10.5. The van der Waals surface area contributed by atoms with Gasteiger partial charge in [-0.1, -0.05) is 54.3 Å². The molecule has 43 heavy (non-hydrogen) atoms. The van der Waals surface area contributed by atoms with E-state index in [0.29, 0.717) is 41.2 Å². The summed E-state index contributed by atoms with van der Waals surface area (Å²) < 4.78 is 17.8. The van der Waals surface area contributed by atoms with Crippen molar-refractivity contribution < 1.29 is 28.9 Å². The molecule has 8 nitrogen and oxygen atoms in total. The predicted molar refractivity (Wildman–Crippen MR) is 173 cm³/mol. The van der Waals surface area contributed by atoms with Crippen LogP contribution in [0.25, 0.3) is 17.2 Å². The molecule has 2 aliphatic heterocycles. The van der Waals surface area contributed by atoms with Gasteiger partial charge in [0.15, 0.2) is 0 Å². The lowest BCUT2D eigenvalue weighted by molar-refractivity contribution is -0.122. The van der Waals surface area contributed by atoms with Gasteiger partial charge in [0.2, 0.25) is 0 Å². The molecule has 0 spiro atoms. The molecule has 0 aromatic heterocycles. The molecular weight excluding hydrogens is 585 g/mol. The fraction of sp³-hybridized carbons (Fsp3) is 0.303. The van der Waals surface area contributed by atoms with Gasteiger partial charge in [0, 0.05) is 31.7 Å². The first kappa shape index (κ1) is 30.7. The first-order chi connectivity index (χ1) is 20.9. The molecule has 3 aromatic rings. The van der Waals surface area contributed by atoms with Gasteiger partial charge >= 0.3 is 5.97 Å². The molecule has 0 unspecified atom stereocenters. The van der Waals surface area contributed by atoms with Crippen LogP contribution in [0.4, 0.5) is 0 Å². The molecule has 2 saturated heterocycles. The SMILES string of the molecule is CCOc1ccc(-c2ccc(OCCN3CCOCC3)c(/C=C3\SC(=S)N(CCc4ccc(C(=O)O)cc4)C3=O)c2)cc1. The second-order valence-electron chi connectivity index (χ2n) is 10.1. The van der Waals surface area contributed by atoms with Crippen LogP contribution < -0.4 is 9.47 Å². The van der Waals surface area contributed by atoms with E-state index in [1.807, 2.05) is 55.5 Å². The zero-order valence-corrected chi connectivity index (χ0v) is 25.6. The van der Waals surface area contributed by atoms with Gasteiger partial charge < -0.3 is 19.3 Å². The quantitative estimate of drug-likeness (QED) is 0.206. The van der Waals surface area contributed by atoms with Gasteiger partial charge in [-0.3, -0.25) is 14.6 Å². The van der Waals surface area contributed by atoms with E-state index in [1.165, 1.54) is 11.8 Å². The van der Waals surface area contributed by atoms with Gasteiger partial charge in [0.25, 0.3) is 5.91 Å². The molecule has 5 rings (SSSR count). The number of amides is 1. The van der Waals surface area contributed by atoms with Gasteiger partial charge in [-0.2, -0.15) is 0 Å². The average molecular weight is 619 g/mol. The largest absolute Gasteiger partial charge is 0.494 e. The number of thiocarbonyl (C=S) groups is 1. The van der Waals surface area contributed by atoms with Crippen LogP contribution in [0.2, 0.25) is 0 Å². The van der Waals surface area contributed by atoms with Crippen LogP contribution in [0, 0.1) is 0 Å². The van der Waals surface area contributed by atoms with Crippen LogP contribution in [0.5, 0.6) is 11.5 Å². The smallest absolute Gasteiger partial charge is 0.335 e. The van der Waals surface area contributed by atoms with Crippen molar-refractivity contribution in [3.05, 3.63) is 88.3 Å². The van der Waals surface area contributed by atoms with Crippen molar-refractivity contribution >= 4 is 46.3 Å². The van der Waals surface area contributed by atoms with Crippen LogP contribution in [-0.2, 0) is 16.0 Å². The summed E-state index contributed by atoms with van der Waals surface area (Å²) in [5.74, 6) is 0.398. The molecule has 3 aromatic carbocycles. The normalized spacial score (nSPS) is 16.6. The molecule has 0 radical (unpaired) electrons. The van der Waals surface area contributed by atoms with Crippen molar-refractivity contribution in [3.8, 4) is 22.6 Å². The average Bonchev–Trinajstić information content (AvgIpc) is 3.29. The number of benzene rings is 3. The summed E-state index contributed by atoms with van der Waals surface area (Å²) in [7, 11) is 0. The summed E-state index contributed by atoms with van der Waals surface area (Å²) in [5.41, 5.74) is 3.99. The van der Waals surface area contributed by atoms with Gasteiger partial charge in [-0.05, 0) is 72.5 Å². The van der Waals surface area contributed by atoms with Crippen molar-refractivity contribution in [2.75, 3.05) is 52.6 Å². The molecule has 0 atom stereocenters. The van der Waals surface area contributed by atoms with Crippen molar-refractivity contribution in [3.63, 3.8) is 0 Å². The number of hydrogen-bond donors (Lipinski definition) is 1. The molecule has 0 saturated carbocycles. The second-order valence-corrected chi connectivity index (χ2v) is 11.8. The Hall–Kier alpha value is -3.70. The summed E-state index contributed by atoms with van der Waals surface area (Å²) in [5, 5.41) is 9.14. The molecule has 0 bridgehead atoms. The molecular formula is C33H34N2O6S2. The van der Waals surface area contributed by atoms with Gasteiger partial charge in [-0.25, -0.2) is 4.79 Å². The van der Waals surface area contributed by atoms with E-state index < -0.39 is 5.97 Å². The Labute approximate surface area is 261 Å². The standard InChI is InChI=1S/C33H34N2O6S2/c1-2-40-28-10-7-24(8-11-28)26-9-12-29(41-20-17-34-15-18-39-19-16-34)27(21-26)22-30-31(36)35(33(42)43-30)14-13-23-3-5-25(6-4-23)32(37)38/h3-12,21-22H,2,13-20H2,1H3,(H,37,38)/b30-22-. The number of carboxylic acids is 1. The fourth-order valence-electron chi connectivity index (χ4n) is 4.88.